The summed E-state index contributed by atoms with van der Waals surface area (Å²) in [4.78, 5) is 22.1. The molecule has 1 atom stereocenters. The van der Waals surface area contributed by atoms with Gasteiger partial charge in [-0.05, 0) is 19.1 Å². The molecule has 0 fully saturated rings. The van der Waals surface area contributed by atoms with Crippen LogP contribution in [0, 0.1) is 0 Å². The second-order valence-electron chi connectivity index (χ2n) is 4.53. The topological polar surface area (TPSA) is 102 Å². The van der Waals surface area contributed by atoms with E-state index < -0.39 is 18.2 Å². The molecule has 0 saturated carbocycles. The lowest BCUT2D eigenvalue weighted by Gasteiger charge is -2.20. The van der Waals surface area contributed by atoms with Gasteiger partial charge >= 0.3 is 12.1 Å². The number of hydrogen-bond acceptors (Lipinski definition) is 5. The number of nitrogens with zero attached hydrogens (tertiary/aromatic N) is 1. The van der Waals surface area contributed by atoms with E-state index in [0.717, 1.165) is 0 Å². The largest absolute Gasteiger partial charge is 0.493 e. The molecular weight excluding hydrogens is 333 g/mol. The van der Waals surface area contributed by atoms with Gasteiger partial charge in [-0.3, -0.25) is 4.79 Å². The summed E-state index contributed by atoms with van der Waals surface area (Å²) >= 11 is 0. The third-order valence-electron chi connectivity index (χ3n) is 2.72. The van der Waals surface area contributed by atoms with Gasteiger partial charge in [0.05, 0.1) is 20.3 Å². The van der Waals surface area contributed by atoms with Gasteiger partial charge in [-0.15, -0.1) is 0 Å². The third-order valence-corrected chi connectivity index (χ3v) is 2.72. The van der Waals surface area contributed by atoms with Crippen molar-refractivity contribution in [2.45, 2.75) is 19.1 Å². The van der Waals surface area contributed by atoms with E-state index in [4.69, 9.17) is 25.1 Å². The van der Waals surface area contributed by atoms with Crippen molar-refractivity contribution in [2.24, 2.45) is 5.73 Å². The second-order valence-corrected chi connectivity index (χ2v) is 4.53. The summed E-state index contributed by atoms with van der Waals surface area (Å²) in [5.41, 5.74) is 6.27. The van der Waals surface area contributed by atoms with E-state index in [0.29, 0.717) is 17.2 Å². The highest BCUT2D eigenvalue weighted by atomic mass is 19.4. The Hall–Kier alpha value is -2.49. The van der Waals surface area contributed by atoms with Crippen LogP contribution in [0.1, 0.15) is 6.92 Å². The number of hydrogen-bond donors (Lipinski definition) is 2. The predicted molar refractivity (Wildman–Crippen MR) is 80.3 cm³/mol. The number of alkyl halides is 3. The minimum atomic E-state index is -5.08. The maximum Gasteiger partial charge on any atom is 0.490 e. The van der Waals surface area contributed by atoms with Crippen molar-refractivity contribution >= 4 is 17.6 Å². The van der Waals surface area contributed by atoms with Crippen LogP contribution in [0.2, 0.25) is 0 Å². The molecule has 1 amide bonds. The predicted octanol–water partition coefficient (Wildman–Crippen LogP) is 1.65. The van der Waals surface area contributed by atoms with Crippen LogP contribution in [-0.2, 0) is 9.59 Å². The molecule has 0 radical (unpaired) electrons. The quantitative estimate of drug-likeness (QED) is 0.854. The number of carboxylic acids is 1. The van der Waals surface area contributed by atoms with Crippen molar-refractivity contribution in [2.75, 3.05) is 26.2 Å². The van der Waals surface area contributed by atoms with Crippen LogP contribution in [-0.4, -0.2) is 50.5 Å². The maximum absolute atomic E-state index is 11.7. The summed E-state index contributed by atoms with van der Waals surface area (Å²) in [6.45, 7) is 1.65. The highest BCUT2D eigenvalue weighted by molar-refractivity contribution is 5.96. The van der Waals surface area contributed by atoms with E-state index >= 15 is 0 Å². The van der Waals surface area contributed by atoms with Gasteiger partial charge in [-0.25, -0.2) is 4.79 Å². The van der Waals surface area contributed by atoms with Crippen molar-refractivity contribution in [3.63, 3.8) is 0 Å². The first-order chi connectivity index (χ1) is 10.9. The molecule has 10 heteroatoms. The summed E-state index contributed by atoms with van der Waals surface area (Å²) in [7, 11) is 4.79. The van der Waals surface area contributed by atoms with Gasteiger partial charge in [0.2, 0.25) is 5.91 Å². The highest BCUT2D eigenvalue weighted by Crippen LogP contribution is 2.31. The molecule has 3 N–H and O–H groups in total. The maximum atomic E-state index is 11.7. The third kappa shape index (κ3) is 6.32. The first kappa shape index (κ1) is 21.5. The summed E-state index contributed by atoms with van der Waals surface area (Å²) in [5, 5.41) is 7.12. The zero-order valence-corrected chi connectivity index (χ0v) is 13.5. The number of anilines is 1. The number of carbonyl (C=O) groups is 2. The summed E-state index contributed by atoms with van der Waals surface area (Å²) < 4.78 is 42.0. The zero-order chi connectivity index (χ0) is 19.1. The second kappa shape index (κ2) is 8.96. The molecule has 1 aromatic rings. The van der Waals surface area contributed by atoms with Gasteiger partial charge < -0.3 is 25.2 Å². The molecule has 7 nitrogen and oxygen atoms in total. The van der Waals surface area contributed by atoms with Crippen molar-refractivity contribution < 1.29 is 37.3 Å². The fourth-order valence-electron chi connectivity index (χ4n) is 1.47. The Morgan fingerprint density at radius 2 is 1.67 bits per heavy atom. The lowest BCUT2D eigenvalue weighted by molar-refractivity contribution is -0.192. The van der Waals surface area contributed by atoms with E-state index in [9.17, 15) is 18.0 Å². The Labute approximate surface area is 136 Å². The van der Waals surface area contributed by atoms with Gasteiger partial charge in [-0.1, -0.05) is 0 Å². The standard InChI is InChI=1S/C12H18N2O3.C2HF3O2/c1-8(13)12(15)14(2)9-5-6-10(16-3)11(7-9)17-4;3-2(4,5)1(6)7/h5-8H,13H2,1-4H3;(H,6,7). The van der Waals surface area contributed by atoms with E-state index in [2.05, 4.69) is 0 Å². The molecule has 0 aromatic heterocycles. The molecule has 1 aromatic carbocycles. The van der Waals surface area contributed by atoms with Crippen LogP contribution in [0.5, 0.6) is 11.5 Å². The van der Waals surface area contributed by atoms with Crippen LogP contribution >= 0.6 is 0 Å². The number of carboxylic acid groups (broad SMARTS) is 1. The number of benzene rings is 1. The first-order valence-electron chi connectivity index (χ1n) is 6.51. The number of likely N-dealkylation sites (N-methyl/N-ethyl adjacent to an activating group) is 1. The number of amides is 1. The molecule has 0 bridgehead atoms. The average molecular weight is 352 g/mol. The molecule has 0 aliphatic carbocycles. The molecule has 0 spiro atoms. The Kier molecular flexibility index (Phi) is 8.03. The normalized spacial score (nSPS) is 11.7. The van der Waals surface area contributed by atoms with Gasteiger partial charge in [0.25, 0.3) is 0 Å². The SMILES string of the molecule is COc1ccc(N(C)C(=O)C(C)N)cc1OC.O=C(O)C(F)(F)F. The van der Waals surface area contributed by atoms with Crippen molar-refractivity contribution in [1.82, 2.24) is 0 Å². The number of ether oxygens (including phenoxy) is 2. The van der Waals surface area contributed by atoms with E-state index in [1.165, 1.54) is 4.90 Å². The molecular formula is C14H19F3N2O5. The average Bonchev–Trinajstić information content (AvgIpc) is 2.52. The van der Waals surface area contributed by atoms with Crippen molar-refractivity contribution in [3.05, 3.63) is 18.2 Å². The van der Waals surface area contributed by atoms with Gasteiger partial charge in [0, 0.05) is 18.8 Å². The fourth-order valence-corrected chi connectivity index (χ4v) is 1.47. The molecule has 24 heavy (non-hydrogen) atoms. The molecule has 136 valence electrons. The van der Waals surface area contributed by atoms with Crippen LogP contribution in [0.4, 0.5) is 18.9 Å². The summed E-state index contributed by atoms with van der Waals surface area (Å²) in [6.07, 6.45) is -5.08. The smallest absolute Gasteiger partial charge is 0.490 e. The lowest BCUT2D eigenvalue weighted by Crippen LogP contribution is -2.39. The summed E-state index contributed by atoms with van der Waals surface area (Å²) in [6, 6.07) is 4.73. The van der Waals surface area contributed by atoms with Gasteiger partial charge in [0.15, 0.2) is 11.5 Å². The monoisotopic (exact) mass is 352 g/mol. The minimum absolute atomic E-state index is 0.155. The summed E-state index contributed by atoms with van der Waals surface area (Å²) in [5.74, 6) is -1.71. The lowest BCUT2D eigenvalue weighted by atomic mass is 10.2. The van der Waals surface area contributed by atoms with Crippen LogP contribution in [0.15, 0.2) is 18.2 Å². The number of nitrogens with two attached hydrogens (primary N) is 1. The number of rotatable bonds is 4. The molecule has 0 aliphatic rings. The first-order valence-corrected chi connectivity index (χ1v) is 6.51. The molecule has 0 saturated heterocycles. The van der Waals surface area contributed by atoms with Crippen molar-refractivity contribution in [1.29, 1.82) is 0 Å². The minimum Gasteiger partial charge on any atom is -0.493 e. The number of halogens is 3. The number of carbonyl (C=O) groups excluding carboxylic acids is 1. The number of methoxy groups -OCH3 is 2. The Bertz CT molecular complexity index is 576. The van der Waals surface area contributed by atoms with Crippen LogP contribution < -0.4 is 20.1 Å². The van der Waals surface area contributed by atoms with E-state index in [-0.39, 0.29) is 5.91 Å². The highest BCUT2D eigenvalue weighted by Gasteiger charge is 2.38. The van der Waals surface area contributed by atoms with Crippen LogP contribution in [0.25, 0.3) is 0 Å². The van der Waals surface area contributed by atoms with Crippen LogP contribution in [0.3, 0.4) is 0 Å². The van der Waals surface area contributed by atoms with Crippen molar-refractivity contribution in [3.8, 4) is 11.5 Å². The van der Waals surface area contributed by atoms with Gasteiger partial charge in [-0.2, -0.15) is 13.2 Å². The molecule has 0 heterocycles. The Morgan fingerprint density at radius 1 is 1.21 bits per heavy atom. The molecule has 0 aliphatic heterocycles. The molecule has 1 rings (SSSR count). The van der Waals surface area contributed by atoms with Gasteiger partial charge in [0.1, 0.15) is 0 Å². The fraction of sp³-hybridized carbons (Fsp3) is 0.429. The Balaban J connectivity index is 0.000000640. The zero-order valence-electron chi connectivity index (χ0n) is 13.5. The van der Waals surface area contributed by atoms with E-state index in [1.54, 1.807) is 46.4 Å². The molecule has 1 unspecified atom stereocenters. The Morgan fingerprint density at radius 3 is 2.00 bits per heavy atom. The van der Waals surface area contributed by atoms with E-state index in [1.807, 2.05) is 0 Å². The number of aliphatic carboxylic acids is 1.